The number of amides is 1. The standard InChI is InChI=1S/C22H21FN4O/c23-19-14-25-12-8-21(19)27-13-9-18(16-4-2-1-3-5-16)20(15-27)26-22(28)17-6-10-24-11-7-17/h1-8,10-12,14,18,20H,9,13,15H2,(H,26,28)/t18-,20-/m0/s1. The topological polar surface area (TPSA) is 58.1 Å². The van der Waals surface area contributed by atoms with Crippen LogP contribution in [0.4, 0.5) is 10.1 Å². The molecule has 1 aliphatic heterocycles. The Kier molecular flexibility index (Phi) is 5.28. The number of benzene rings is 1. The molecule has 5 nitrogen and oxygen atoms in total. The van der Waals surface area contributed by atoms with Gasteiger partial charge in [0.15, 0.2) is 5.82 Å². The summed E-state index contributed by atoms with van der Waals surface area (Å²) in [5, 5.41) is 3.16. The molecular weight excluding hydrogens is 355 g/mol. The van der Waals surface area contributed by atoms with Gasteiger partial charge in [-0.2, -0.15) is 0 Å². The van der Waals surface area contributed by atoms with Crippen molar-refractivity contribution < 1.29 is 9.18 Å². The lowest BCUT2D eigenvalue weighted by atomic mass is 9.85. The molecular formula is C22H21FN4O. The van der Waals surface area contributed by atoms with Gasteiger partial charge in [-0.3, -0.25) is 14.8 Å². The molecule has 28 heavy (non-hydrogen) atoms. The highest BCUT2D eigenvalue weighted by Gasteiger charge is 2.32. The Balaban J connectivity index is 1.60. The fourth-order valence-corrected chi connectivity index (χ4v) is 3.80. The fraction of sp³-hybridized carbons (Fsp3) is 0.227. The summed E-state index contributed by atoms with van der Waals surface area (Å²) in [6.07, 6.45) is 6.83. The predicted octanol–water partition coefficient (Wildman–Crippen LogP) is 3.41. The second kappa shape index (κ2) is 8.17. The third kappa shape index (κ3) is 3.86. The van der Waals surface area contributed by atoms with E-state index in [2.05, 4.69) is 27.4 Å². The summed E-state index contributed by atoms with van der Waals surface area (Å²) in [5.41, 5.74) is 2.26. The molecule has 142 valence electrons. The van der Waals surface area contributed by atoms with E-state index in [1.165, 1.54) is 11.8 Å². The molecule has 3 aromatic rings. The number of pyridine rings is 2. The van der Waals surface area contributed by atoms with Gasteiger partial charge in [0.2, 0.25) is 0 Å². The zero-order valence-electron chi connectivity index (χ0n) is 15.3. The van der Waals surface area contributed by atoms with Gasteiger partial charge < -0.3 is 10.2 Å². The van der Waals surface area contributed by atoms with E-state index in [1.54, 1.807) is 36.8 Å². The molecule has 1 fully saturated rings. The van der Waals surface area contributed by atoms with Crippen molar-refractivity contribution >= 4 is 11.6 Å². The first-order valence-corrected chi connectivity index (χ1v) is 9.32. The molecule has 4 rings (SSSR count). The molecule has 1 amide bonds. The lowest BCUT2D eigenvalue weighted by Gasteiger charge is -2.40. The average Bonchev–Trinajstić information content (AvgIpc) is 2.75. The first kappa shape index (κ1) is 18.1. The van der Waals surface area contributed by atoms with E-state index in [9.17, 15) is 9.18 Å². The number of hydrogen-bond donors (Lipinski definition) is 1. The number of nitrogens with zero attached hydrogens (tertiary/aromatic N) is 3. The Morgan fingerprint density at radius 3 is 2.54 bits per heavy atom. The second-order valence-electron chi connectivity index (χ2n) is 6.89. The molecule has 1 aromatic carbocycles. The number of halogens is 1. The number of carbonyl (C=O) groups excluding carboxylic acids is 1. The zero-order valence-corrected chi connectivity index (χ0v) is 15.3. The van der Waals surface area contributed by atoms with E-state index in [4.69, 9.17) is 0 Å². The molecule has 6 heteroatoms. The van der Waals surface area contributed by atoms with Crippen LogP contribution >= 0.6 is 0 Å². The van der Waals surface area contributed by atoms with Gasteiger partial charge in [-0.05, 0) is 30.2 Å². The van der Waals surface area contributed by atoms with Crippen molar-refractivity contribution in [1.29, 1.82) is 0 Å². The van der Waals surface area contributed by atoms with Crippen molar-refractivity contribution in [2.45, 2.75) is 18.4 Å². The van der Waals surface area contributed by atoms with Crippen molar-refractivity contribution in [1.82, 2.24) is 15.3 Å². The molecule has 1 aliphatic rings. The molecule has 0 saturated carbocycles. The van der Waals surface area contributed by atoms with Crippen molar-refractivity contribution in [2.75, 3.05) is 18.0 Å². The van der Waals surface area contributed by atoms with Crippen LogP contribution in [0.1, 0.15) is 28.3 Å². The van der Waals surface area contributed by atoms with E-state index in [-0.39, 0.29) is 23.7 Å². The van der Waals surface area contributed by atoms with Crippen molar-refractivity contribution in [3.8, 4) is 0 Å². The largest absolute Gasteiger partial charge is 0.367 e. The summed E-state index contributed by atoms with van der Waals surface area (Å²) in [6, 6.07) is 15.1. The Bertz CT molecular complexity index is 936. The van der Waals surface area contributed by atoms with Crippen molar-refractivity contribution in [3.05, 3.63) is 90.3 Å². The van der Waals surface area contributed by atoms with Gasteiger partial charge in [-0.1, -0.05) is 30.3 Å². The van der Waals surface area contributed by atoms with Crippen LogP contribution < -0.4 is 10.2 Å². The molecule has 1 N–H and O–H groups in total. The van der Waals surface area contributed by atoms with Gasteiger partial charge >= 0.3 is 0 Å². The molecule has 0 radical (unpaired) electrons. The molecule has 0 spiro atoms. The van der Waals surface area contributed by atoms with Gasteiger partial charge in [-0.15, -0.1) is 0 Å². The SMILES string of the molecule is O=C(N[C@H]1CN(c2ccncc2F)CC[C@H]1c1ccccc1)c1ccncc1. The first-order valence-electron chi connectivity index (χ1n) is 9.32. The van der Waals surface area contributed by atoms with E-state index in [0.717, 1.165) is 6.42 Å². The van der Waals surface area contributed by atoms with E-state index >= 15 is 0 Å². The Morgan fingerprint density at radius 1 is 1.04 bits per heavy atom. The molecule has 0 unspecified atom stereocenters. The fourth-order valence-electron chi connectivity index (χ4n) is 3.80. The third-order valence-electron chi connectivity index (χ3n) is 5.19. The van der Waals surface area contributed by atoms with Gasteiger partial charge in [-0.25, -0.2) is 4.39 Å². The maximum atomic E-state index is 14.3. The number of hydrogen-bond acceptors (Lipinski definition) is 4. The smallest absolute Gasteiger partial charge is 0.251 e. The summed E-state index contributed by atoms with van der Waals surface area (Å²) >= 11 is 0. The Labute approximate surface area is 163 Å². The summed E-state index contributed by atoms with van der Waals surface area (Å²) in [5.74, 6) is -0.335. The predicted molar refractivity (Wildman–Crippen MR) is 106 cm³/mol. The zero-order chi connectivity index (χ0) is 19.3. The minimum atomic E-state index is -0.347. The van der Waals surface area contributed by atoms with Crippen LogP contribution in [0, 0.1) is 5.82 Å². The second-order valence-corrected chi connectivity index (χ2v) is 6.89. The quantitative estimate of drug-likeness (QED) is 0.758. The number of rotatable bonds is 4. The summed E-state index contributed by atoms with van der Waals surface area (Å²) in [4.78, 5) is 22.5. The highest BCUT2D eigenvalue weighted by molar-refractivity contribution is 5.94. The average molecular weight is 376 g/mol. The van der Waals surface area contributed by atoms with Crippen LogP contribution in [0.5, 0.6) is 0 Å². The highest BCUT2D eigenvalue weighted by atomic mass is 19.1. The molecule has 0 bridgehead atoms. The number of anilines is 1. The normalized spacial score (nSPS) is 19.2. The number of piperidine rings is 1. The third-order valence-corrected chi connectivity index (χ3v) is 5.19. The van der Waals surface area contributed by atoms with Crippen LogP contribution in [-0.2, 0) is 0 Å². The molecule has 0 aliphatic carbocycles. The number of aromatic nitrogens is 2. The number of nitrogens with one attached hydrogen (secondary N) is 1. The van der Waals surface area contributed by atoms with Gasteiger partial charge in [0.1, 0.15) is 0 Å². The maximum absolute atomic E-state index is 14.3. The maximum Gasteiger partial charge on any atom is 0.251 e. The van der Waals surface area contributed by atoms with Crippen LogP contribution in [0.15, 0.2) is 73.3 Å². The first-order chi connectivity index (χ1) is 13.7. The van der Waals surface area contributed by atoms with Crippen LogP contribution in [0.25, 0.3) is 0 Å². The summed E-state index contributed by atoms with van der Waals surface area (Å²) < 4.78 is 14.3. The molecule has 1 saturated heterocycles. The number of carbonyl (C=O) groups is 1. The lowest BCUT2D eigenvalue weighted by Crippen LogP contribution is -2.52. The Hall–Kier alpha value is -3.28. The van der Waals surface area contributed by atoms with Crippen LogP contribution in [0.3, 0.4) is 0 Å². The summed E-state index contributed by atoms with van der Waals surface area (Å²) in [6.45, 7) is 1.24. The minimum Gasteiger partial charge on any atom is -0.367 e. The minimum absolute atomic E-state index is 0.148. The van der Waals surface area contributed by atoms with Gasteiger partial charge in [0, 0.05) is 43.2 Å². The van der Waals surface area contributed by atoms with E-state index < -0.39 is 0 Å². The van der Waals surface area contributed by atoms with E-state index in [1.807, 2.05) is 23.1 Å². The molecule has 2 atom stereocenters. The van der Waals surface area contributed by atoms with Crippen LogP contribution in [-0.4, -0.2) is 35.0 Å². The monoisotopic (exact) mass is 376 g/mol. The highest BCUT2D eigenvalue weighted by Crippen LogP contribution is 2.31. The molecule has 3 heterocycles. The van der Waals surface area contributed by atoms with Gasteiger partial charge in [0.05, 0.1) is 17.9 Å². The van der Waals surface area contributed by atoms with E-state index in [0.29, 0.717) is 24.3 Å². The lowest BCUT2D eigenvalue weighted by molar-refractivity contribution is 0.0927. The van der Waals surface area contributed by atoms with Crippen molar-refractivity contribution in [3.63, 3.8) is 0 Å². The van der Waals surface area contributed by atoms with Crippen molar-refractivity contribution in [2.24, 2.45) is 0 Å². The van der Waals surface area contributed by atoms with Gasteiger partial charge in [0.25, 0.3) is 5.91 Å². The molecule has 2 aromatic heterocycles. The summed E-state index contributed by atoms with van der Waals surface area (Å²) in [7, 11) is 0. The van der Waals surface area contributed by atoms with Crippen LogP contribution in [0.2, 0.25) is 0 Å². The Morgan fingerprint density at radius 2 is 1.79 bits per heavy atom.